The fourth-order valence-corrected chi connectivity index (χ4v) is 5.41. The van der Waals surface area contributed by atoms with E-state index in [1.54, 1.807) is 10.9 Å². The monoisotopic (exact) mass is 482 g/mol. The summed E-state index contributed by atoms with van der Waals surface area (Å²) >= 11 is 6.29. The minimum Gasteiger partial charge on any atom is -0.358 e. The number of amides is 1. The number of carbonyl (C=O) groups excluding carboxylic acids is 1. The number of nitrogens with one attached hydrogen (secondary N) is 1. The van der Waals surface area contributed by atoms with Crippen molar-refractivity contribution in [2.45, 2.75) is 38.6 Å². The van der Waals surface area contributed by atoms with Gasteiger partial charge in [-0.05, 0) is 56.2 Å². The molecule has 1 fully saturated rings. The minimum atomic E-state index is 0.0185. The summed E-state index contributed by atoms with van der Waals surface area (Å²) in [5.41, 5.74) is 6.52. The molecule has 1 saturated carbocycles. The fourth-order valence-electron chi connectivity index (χ4n) is 5.23. The number of aromatic nitrogens is 5. The van der Waals surface area contributed by atoms with E-state index >= 15 is 0 Å². The SMILES string of the molecule is Cc1nn(-c2ccccn2)c2nc(C3CC3)cc(C(=O)N3CCc4[nH]c5ccc(Cl)cc5c4C3)c12. The number of aromatic amines is 1. The number of rotatable bonds is 3. The zero-order chi connectivity index (χ0) is 23.7. The Morgan fingerprint density at radius 1 is 1.17 bits per heavy atom. The molecule has 4 aromatic heterocycles. The van der Waals surface area contributed by atoms with Crippen molar-refractivity contribution in [3.05, 3.63) is 81.9 Å². The predicted molar refractivity (Wildman–Crippen MR) is 135 cm³/mol. The second-order valence-corrected chi connectivity index (χ2v) is 9.94. The molecule has 1 aliphatic heterocycles. The lowest BCUT2D eigenvalue weighted by Gasteiger charge is -2.28. The molecule has 35 heavy (non-hydrogen) atoms. The average Bonchev–Trinajstić information content (AvgIpc) is 3.60. The first-order valence-electron chi connectivity index (χ1n) is 12.0. The van der Waals surface area contributed by atoms with Crippen LogP contribution in [0.2, 0.25) is 5.02 Å². The van der Waals surface area contributed by atoms with Crippen molar-refractivity contribution < 1.29 is 4.79 Å². The smallest absolute Gasteiger partial charge is 0.255 e. The van der Waals surface area contributed by atoms with Crippen LogP contribution in [0.1, 0.15) is 51.8 Å². The van der Waals surface area contributed by atoms with Gasteiger partial charge in [0, 0.05) is 64.5 Å². The van der Waals surface area contributed by atoms with E-state index in [9.17, 15) is 4.79 Å². The summed E-state index contributed by atoms with van der Waals surface area (Å²) < 4.78 is 1.77. The molecule has 0 radical (unpaired) electrons. The Morgan fingerprint density at radius 3 is 2.86 bits per heavy atom. The number of nitrogens with zero attached hydrogens (tertiary/aromatic N) is 5. The van der Waals surface area contributed by atoms with Crippen molar-refractivity contribution in [1.29, 1.82) is 0 Å². The van der Waals surface area contributed by atoms with Gasteiger partial charge in [-0.1, -0.05) is 17.7 Å². The lowest BCUT2D eigenvalue weighted by Crippen LogP contribution is -2.36. The van der Waals surface area contributed by atoms with Crippen LogP contribution < -0.4 is 0 Å². The summed E-state index contributed by atoms with van der Waals surface area (Å²) in [6.45, 7) is 3.14. The van der Waals surface area contributed by atoms with Crippen molar-refractivity contribution in [1.82, 2.24) is 29.6 Å². The Kier molecular flexibility index (Phi) is 4.51. The van der Waals surface area contributed by atoms with Gasteiger partial charge in [-0.2, -0.15) is 9.78 Å². The van der Waals surface area contributed by atoms with Crippen molar-refractivity contribution in [3.8, 4) is 5.82 Å². The van der Waals surface area contributed by atoms with E-state index in [2.05, 4.69) is 9.97 Å². The Balaban J connectivity index is 1.34. The van der Waals surface area contributed by atoms with E-state index < -0.39 is 0 Å². The molecule has 0 atom stereocenters. The topological polar surface area (TPSA) is 79.7 Å². The van der Waals surface area contributed by atoms with Crippen LogP contribution in [-0.2, 0) is 13.0 Å². The maximum atomic E-state index is 14.1. The van der Waals surface area contributed by atoms with Gasteiger partial charge < -0.3 is 9.88 Å². The second kappa shape index (κ2) is 7.65. The van der Waals surface area contributed by atoms with E-state index in [4.69, 9.17) is 21.7 Å². The highest BCUT2D eigenvalue weighted by Crippen LogP contribution is 2.41. The molecule has 1 aromatic carbocycles. The maximum Gasteiger partial charge on any atom is 0.255 e. The number of halogens is 1. The number of hydrogen-bond donors (Lipinski definition) is 1. The first-order valence-corrected chi connectivity index (χ1v) is 12.3. The maximum absolute atomic E-state index is 14.1. The Morgan fingerprint density at radius 2 is 2.06 bits per heavy atom. The molecule has 0 unspecified atom stereocenters. The van der Waals surface area contributed by atoms with Gasteiger partial charge in [-0.3, -0.25) is 4.79 Å². The van der Waals surface area contributed by atoms with Crippen LogP contribution in [0.25, 0.3) is 27.8 Å². The molecule has 1 amide bonds. The third kappa shape index (κ3) is 3.33. The highest BCUT2D eigenvalue weighted by molar-refractivity contribution is 6.31. The zero-order valence-corrected chi connectivity index (χ0v) is 20.0. The van der Waals surface area contributed by atoms with Crippen molar-refractivity contribution in [2.75, 3.05) is 6.54 Å². The van der Waals surface area contributed by atoms with Gasteiger partial charge >= 0.3 is 0 Å². The third-order valence-electron chi connectivity index (χ3n) is 7.15. The van der Waals surface area contributed by atoms with Crippen LogP contribution in [0, 0.1) is 6.92 Å². The quantitative estimate of drug-likeness (QED) is 0.376. The van der Waals surface area contributed by atoms with Crippen molar-refractivity contribution in [2.24, 2.45) is 0 Å². The number of carbonyl (C=O) groups is 1. The average molecular weight is 483 g/mol. The molecule has 7 nitrogen and oxygen atoms in total. The number of H-pyrrole nitrogens is 1. The third-order valence-corrected chi connectivity index (χ3v) is 7.38. The zero-order valence-electron chi connectivity index (χ0n) is 19.3. The van der Waals surface area contributed by atoms with E-state index in [1.807, 2.05) is 54.3 Å². The lowest BCUT2D eigenvalue weighted by molar-refractivity contribution is 0.0737. The van der Waals surface area contributed by atoms with Gasteiger partial charge in [0.15, 0.2) is 11.5 Å². The van der Waals surface area contributed by atoms with Crippen molar-refractivity contribution in [3.63, 3.8) is 0 Å². The lowest BCUT2D eigenvalue weighted by atomic mass is 10.0. The highest BCUT2D eigenvalue weighted by atomic mass is 35.5. The summed E-state index contributed by atoms with van der Waals surface area (Å²) in [5.74, 6) is 1.12. The van der Waals surface area contributed by atoms with Gasteiger partial charge in [0.2, 0.25) is 0 Å². The summed E-state index contributed by atoms with van der Waals surface area (Å²) in [6.07, 6.45) is 4.73. The molecule has 7 rings (SSSR count). The second-order valence-electron chi connectivity index (χ2n) is 9.50. The molecule has 0 bridgehead atoms. The molecular formula is C27H23ClN6O. The van der Waals surface area contributed by atoms with Gasteiger partial charge in [0.05, 0.1) is 16.6 Å². The fraction of sp³-hybridized carbons (Fsp3) is 0.259. The molecular weight excluding hydrogens is 460 g/mol. The summed E-state index contributed by atoms with van der Waals surface area (Å²) in [5, 5.41) is 7.34. The molecule has 174 valence electrons. The van der Waals surface area contributed by atoms with Crippen LogP contribution in [0.3, 0.4) is 0 Å². The summed E-state index contributed by atoms with van der Waals surface area (Å²) in [6, 6.07) is 13.6. The Labute approximate surface area is 206 Å². The van der Waals surface area contributed by atoms with Gasteiger partial charge in [-0.25, -0.2) is 9.97 Å². The normalized spacial score (nSPS) is 15.7. The summed E-state index contributed by atoms with van der Waals surface area (Å²) in [7, 11) is 0. The number of hydrogen-bond acceptors (Lipinski definition) is 4. The molecule has 8 heteroatoms. The molecule has 2 aliphatic rings. The van der Waals surface area contributed by atoms with Gasteiger partial charge in [-0.15, -0.1) is 0 Å². The number of benzene rings is 1. The Bertz CT molecular complexity index is 1630. The largest absolute Gasteiger partial charge is 0.358 e. The Hall–Kier alpha value is -3.71. The summed E-state index contributed by atoms with van der Waals surface area (Å²) in [4.78, 5) is 28.9. The van der Waals surface area contributed by atoms with Crippen LogP contribution in [0.5, 0.6) is 0 Å². The number of fused-ring (bicyclic) bond motifs is 4. The molecule has 1 N–H and O–H groups in total. The van der Waals surface area contributed by atoms with E-state index in [0.717, 1.165) is 52.5 Å². The first kappa shape index (κ1) is 20.6. The van der Waals surface area contributed by atoms with Gasteiger partial charge in [0.25, 0.3) is 5.91 Å². The van der Waals surface area contributed by atoms with Gasteiger partial charge in [0.1, 0.15) is 0 Å². The first-order chi connectivity index (χ1) is 17.1. The van der Waals surface area contributed by atoms with Crippen molar-refractivity contribution >= 4 is 39.4 Å². The predicted octanol–water partition coefficient (Wildman–Crippen LogP) is 5.33. The number of aryl methyl sites for hydroxylation is 1. The molecule has 5 aromatic rings. The number of pyridine rings is 2. The van der Waals surface area contributed by atoms with Crippen LogP contribution >= 0.6 is 11.6 Å². The molecule has 0 spiro atoms. The van der Waals surface area contributed by atoms with E-state index in [1.165, 1.54) is 5.69 Å². The van der Waals surface area contributed by atoms with E-state index in [0.29, 0.717) is 41.1 Å². The van der Waals surface area contributed by atoms with E-state index in [-0.39, 0.29) is 5.91 Å². The molecule has 5 heterocycles. The van der Waals surface area contributed by atoms with Crippen LogP contribution in [-0.4, -0.2) is 42.1 Å². The molecule has 1 aliphatic carbocycles. The van der Waals surface area contributed by atoms with Crippen LogP contribution in [0.15, 0.2) is 48.7 Å². The minimum absolute atomic E-state index is 0.0185. The highest BCUT2D eigenvalue weighted by Gasteiger charge is 2.32. The standard InChI is InChI=1S/C27H23ClN6O/c1-15-25-19(13-23(16-5-6-16)31-26(25)34(32-15)24-4-2-3-10-29-24)27(35)33-11-9-22-20(14-33)18-12-17(28)7-8-21(18)30-22/h2-4,7-8,10,12-13,16,30H,5-6,9,11,14H2,1H3. The van der Waals surface area contributed by atoms with Crippen LogP contribution in [0.4, 0.5) is 0 Å². The molecule has 0 saturated heterocycles.